The van der Waals surface area contributed by atoms with Crippen LogP contribution in [-0.4, -0.2) is 73.9 Å². The van der Waals surface area contributed by atoms with Crippen LogP contribution in [0, 0.1) is 6.92 Å². The minimum absolute atomic E-state index is 0.0716. The Labute approximate surface area is 211 Å². The van der Waals surface area contributed by atoms with Gasteiger partial charge in [0.1, 0.15) is 22.7 Å². The van der Waals surface area contributed by atoms with E-state index in [0.717, 1.165) is 43.3 Å². The molecular weight excluding hydrogens is 485 g/mol. The number of aryl methyl sites for hydroxylation is 1. The fourth-order valence-electron chi connectivity index (χ4n) is 4.87. The van der Waals surface area contributed by atoms with Crippen LogP contribution in [0.1, 0.15) is 30.3 Å². The van der Waals surface area contributed by atoms with E-state index < -0.39 is 17.6 Å². The van der Waals surface area contributed by atoms with Crippen molar-refractivity contribution in [2.24, 2.45) is 0 Å². The highest BCUT2D eigenvalue weighted by molar-refractivity contribution is 6.00. The molecule has 0 aliphatic carbocycles. The number of anilines is 1. The Morgan fingerprint density at radius 2 is 1.84 bits per heavy atom. The molecule has 9 nitrogen and oxygen atoms in total. The molecular formula is C25H27F3N8O. The molecule has 0 aromatic carbocycles. The average Bonchev–Trinajstić information content (AvgIpc) is 3.20. The number of piperidine rings is 1. The normalized spacial score (nSPS) is 15.5. The minimum atomic E-state index is -4.62. The molecule has 1 fully saturated rings. The highest BCUT2D eigenvalue weighted by atomic mass is 19.4. The molecule has 0 atom stereocenters. The van der Waals surface area contributed by atoms with Crippen LogP contribution in [0.15, 0.2) is 30.6 Å². The zero-order valence-electron chi connectivity index (χ0n) is 20.7. The predicted octanol–water partition coefficient (Wildman–Crippen LogP) is 3.68. The van der Waals surface area contributed by atoms with Gasteiger partial charge in [-0.15, -0.1) is 0 Å². The van der Waals surface area contributed by atoms with E-state index >= 15 is 0 Å². The Morgan fingerprint density at radius 3 is 2.51 bits per heavy atom. The molecule has 0 saturated carbocycles. The summed E-state index contributed by atoms with van der Waals surface area (Å²) in [6.07, 6.45) is 0.0146. The molecule has 5 heterocycles. The molecule has 5 rings (SSSR count). The number of carbonyl (C=O) groups is 1. The average molecular weight is 513 g/mol. The number of amides is 1. The monoisotopic (exact) mass is 512 g/mol. The van der Waals surface area contributed by atoms with Crippen molar-refractivity contribution in [3.63, 3.8) is 0 Å². The van der Waals surface area contributed by atoms with Crippen molar-refractivity contribution >= 4 is 33.8 Å². The fourth-order valence-corrected chi connectivity index (χ4v) is 4.87. The predicted molar refractivity (Wildman–Crippen MR) is 134 cm³/mol. The van der Waals surface area contributed by atoms with Gasteiger partial charge < -0.3 is 15.2 Å². The number of likely N-dealkylation sites (tertiary alicyclic amines) is 1. The van der Waals surface area contributed by atoms with E-state index in [1.54, 1.807) is 37.3 Å². The smallest absolute Gasteiger partial charge is 0.383 e. The highest BCUT2D eigenvalue weighted by Gasteiger charge is 2.34. The number of hydrogen-bond acceptors (Lipinski definition) is 7. The summed E-state index contributed by atoms with van der Waals surface area (Å²) < 4.78 is 42.4. The molecule has 12 heteroatoms. The first-order chi connectivity index (χ1) is 17.5. The number of carbonyl (C=O) groups excluding carboxylic acids is 1. The molecule has 1 aliphatic heterocycles. The van der Waals surface area contributed by atoms with Gasteiger partial charge in [0.2, 0.25) is 5.91 Å². The van der Waals surface area contributed by atoms with Crippen molar-refractivity contribution in [1.82, 2.24) is 34.3 Å². The lowest BCUT2D eigenvalue weighted by Crippen LogP contribution is -2.41. The Balaban J connectivity index is 1.54. The SMILES string of the molecule is Cc1nc2cnc3ccc(-c4cnc(N)c(C(F)(F)F)c4)nc3c2n1C1CCN(CC(=O)N(C)C)CC1. The number of halogens is 3. The van der Waals surface area contributed by atoms with Gasteiger partial charge in [-0.25, -0.2) is 15.0 Å². The van der Waals surface area contributed by atoms with Crippen LogP contribution in [0.25, 0.3) is 33.3 Å². The lowest BCUT2D eigenvalue weighted by molar-refractivity contribution is -0.137. The largest absolute Gasteiger partial charge is 0.419 e. The number of nitrogen functional groups attached to an aromatic ring is 1. The summed E-state index contributed by atoms with van der Waals surface area (Å²) in [5, 5.41) is 0. The number of pyridine rings is 3. The lowest BCUT2D eigenvalue weighted by Gasteiger charge is -2.33. The van der Waals surface area contributed by atoms with Gasteiger partial charge in [-0.1, -0.05) is 0 Å². The number of hydrogen-bond donors (Lipinski definition) is 1. The summed E-state index contributed by atoms with van der Waals surface area (Å²) in [4.78, 5) is 33.5. The summed E-state index contributed by atoms with van der Waals surface area (Å²) in [6, 6.07) is 4.48. The van der Waals surface area contributed by atoms with E-state index in [2.05, 4.69) is 19.4 Å². The molecule has 1 aliphatic rings. The molecule has 0 radical (unpaired) electrons. The molecule has 0 unspecified atom stereocenters. The third-order valence-corrected chi connectivity index (χ3v) is 6.84. The number of aromatic nitrogens is 5. The molecule has 37 heavy (non-hydrogen) atoms. The molecule has 0 bridgehead atoms. The molecule has 4 aromatic rings. The number of nitrogens with two attached hydrogens (primary N) is 1. The Bertz CT molecular complexity index is 1490. The number of rotatable bonds is 4. The first-order valence-electron chi connectivity index (χ1n) is 11.9. The van der Waals surface area contributed by atoms with Crippen LogP contribution < -0.4 is 5.73 Å². The topological polar surface area (TPSA) is 106 Å². The van der Waals surface area contributed by atoms with Crippen LogP contribution in [0.4, 0.5) is 19.0 Å². The third-order valence-electron chi connectivity index (χ3n) is 6.84. The summed E-state index contributed by atoms with van der Waals surface area (Å²) in [7, 11) is 3.50. The first-order valence-corrected chi connectivity index (χ1v) is 11.9. The van der Waals surface area contributed by atoms with E-state index in [4.69, 9.17) is 15.7 Å². The second-order valence-corrected chi connectivity index (χ2v) is 9.54. The summed E-state index contributed by atoms with van der Waals surface area (Å²) in [5.41, 5.74) is 7.67. The standard InChI is InChI=1S/C25H27F3N8O/c1-14-32-20-12-30-19-5-4-18(15-10-17(25(26,27)28)24(29)31-11-15)33-22(19)23(20)36(14)16-6-8-35(9-7-16)13-21(37)34(2)3/h4-5,10-12,16H,6-9,13H2,1-3H3,(H2,29,31). The molecule has 4 aromatic heterocycles. The van der Waals surface area contributed by atoms with Crippen molar-refractivity contribution < 1.29 is 18.0 Å². The van der Waals surface area contributed by atoms with E-state index in [1.165, 1.54) is 6.20 Å². The Morgan fingerprint density at radius 1 is 1.11 bits per heavy atom. The lowest BCUT2D eigenvalue weighted by atomic mass is 10.0. The van der Waals surface area contributed by atoms with Crippen LogP contribution >= 0.6 is 0 Å². The van der Waals surface area contributed by atoms with Gasteiger partial charge in [0.15, 0.2) is 0 Å². The number of likely N-dealkylation sites (N-methyl/N-ethyl adjacent to an activating group) is 1. The number of fused-ring (bicyclic) bond motifs is 3. The van der Waals surface area contributed by atoms with Gasteiger partial charge >= 0.3 is 6.18 Å². The zero-order valence-corrected chi connectivity index (χ0v) is 20.7. The van der Waals surface area contributed by atoms with E-state index in [0.29, 0.717) is 28.8 Å². The maximum Gasteiger partial charge on any atom is 0.419 e. The maximum absolute atomic E-state index is 13.4. The van der Waals surface area contributed by atoms with Crippen molar-refractivity contribution in [1.29, 1.82) is 0 Å². The summed E-state index contributed by atoms with van der Waals surface area (Å²) in [5.74, 6) is 0.309. The molecule has 0 spiro atoms. The highest BCUT2D eigenvalue weighted by Crippen LogP contribution is 2.36. The van der Waals surface area contributed by atoms with Gasteiger partial charge in [0, 0.05) is 45.0 Å². The molecule has 1 amide bonds. The van der Waals surface area contributed by atoms with Crippen LogP contribution in [-0.2, 0) is 11.0 Å². The number of imidazole rings is 1. The van der Waals surface area contributed by atoms with Gasteiger partial charge in [-0.2, -0.15) is 13.2 Å². The van der Waals surface area contributed by atoms with Gasteiger partial charge in [0.25, 0.3) is 0 Å². The zero-order chi connectivity index (χ0) is 26.5. The molecule has 1 saturated heterocycles. The maximum atomic E-state index is 13.4. The third kappa shape index (κ3) is 4.68. The Kier molecular flexibility index (Phi) is 6.22. The second-order valence-electron chi connectivity index (χ2n) is 9.54. The van der Waals surface area contributed by atoms with Crippen molar-refractivity contribution in [3.05, 3.63) is 42.0 Å². The van der Waals surface area contributed by atoms with Crippen molar-refractivity contribution in [3.8, 4) is 11.3 Å². The number of alkyl halides is 3. The van der Waals surface area contributed by atoms with E-state index in [1.807, 2.05) is 6.92 Å². The van der Waals surface area contributed by atoms with E-state index in [9.17, 15) is 18.0 Å². The van der Waals surface area contributed by atoms with Crippen LogP contribution in [0.2, 0.25) is 0 Å². The summed E-state index contributed by atoms with van der Waals surface area (Å²) >= 11 is 0. The Hall–Kier alpha value is -3.80. The molecule has 194 valence electrons. The molecule has 2 N–H and O–H groups in total. The number of nitrogens with zero attached hydrogens (tertiary/aromatic N) is 7. The van der Waals surface area contributed by atoms with Crippen LogP contribution in [0.5, 0.6) is 0 Å². The quantitative estimate of drug-likeness (QED) is 0.445. The fraction of sp³-hybridized carbons (Fsp3) is 0.400. The van der Waals surface area contributed by atoms with Gasteiger partial charge in [-0.05, 0) is 38.0 Å². The van der Waals surface area contributed by atoms with Gasteiger partial charge in [0.05, 0.1) is 35.0 Å². The second kappa shape index (κ2) is 9.25. The van der Waals surface area contributed by atoms with Crippen molar-refractivity contribution in [2.45, 2.75) is 32.0 Å². The minimum Gasteiger partial charge on any atom is -0.383 e. The first kappa shape index (κ1) is 24.9. The van der Waals surface area contributed by atoms with Gasteiger partial charge in [-0.3, -0.25) is 14.7 Å². The summed E-state index contributed by atoms with van der Waals surface area (Å²) in [6.45, 7) is 3.85. The van der Waals surface area contributed by atoms with Crippen LogP contribution in [0.3, 0.4) is 0 Å². The van der Waals surface area contributed by atoms with Crippen molar-refractivity contribution in [2.75, 3.05) is 39.5 Å². The van der Waals surface area contributed by atoms with E-state index in [-0.39, 0.29) is 17.5 Å².